The van der Waals surface area contributed by atoms with Crippen molar-refractivity contribution < 1.29 is 4.74 Å². The lowest BCUT2D eigenvalue weighted by Gasteiger charge is -2.37. The second-order valence-corrected chi connectivity index (χ2v) is 5.97. The van der Waals surface area contributed by atoms with E-state index >= 15 is 0 Å². The predicted molar refractivity (Wildman–Crippen MR) is 77.0 cm³/mol. The number of rotatable bonds is 4. The third-order valence-electron chi connectivity index (χ3n) is 3.54. The largest absolute Gasteiger partial charge is 0.398 e. The second kappa shape index (κ2) is 5.19. The van der Waals surface area contributed by atoms with Gasteiger partial charge >= 0.3 is 0 Å². The van der Waals surface area contributed by atoms with Crippen LogP contribution in [0.4, 0.5) is 11.4 Å². The smallest absolute Gasteiger partial charge is 0.0530 e. The Morgan fingerprint density at radius 2 is 2.17 bits per heavy atom. The van der Waals surface area contributed by atoms with Crippen molar-refractivity contribution in [2.75, 3.05) is 37.4 Å². The monoisotopic (exact) mass is 248 g/mol. The molecule has 0 fully saturated rings. The Balaban J connectivity index is 2.20. The lowest BCUT2D eigenvalue weighted by atomic mass is 9.91. The number of benzene rings is 1. The Kier molecular flexibility index (Phi) is 3.81. The van der Waals surface area contributed by atoms with Crippen LogP contribution in [-0.4, -0.2) is 26.8 Å². The molecule has 3 nitrogen and oxygen atoms in total. The van der Waals surface area contributed by atoms with E-state index in [1.807, 2.05) is 6.07 Å². The fourth-order valence-corrected chi connectivity index (χ4v) is 2.85. The molecule has 0 radical (unpaired) electrons. The molecule has 18 heavy (non-hydrogen) atoms. The van der Waals surface area contributed by atoms with Gasteiger partial charge in [0, 0.05) is 37.0 Å². The van der Waals surface area contributed by atoms with E-state index in [9.17, 15) is 0 Å². The van der Waals surface area contributed by atoms with Gasteiger partial charge in [-0.2, -0.15) is 0 Å². The van der Waals surface area contributed by atoms with E-state index < -0.39 is 0 Å². The summed E-state index contributed by atoms with van der Waals surface area (Å²) in [4.78, 5) is 2.45. The van der Waals surface area contributed by atoms with Crippen molar-refractivity contribution in [1.82, 2.24) is 0 Å². The highest BCUT2D eigenvalue weighted by Gasteiger charge is 2.25. The van der Waals surface area contributed by atoms with Crippen LogP contribution in [0.1, 0.15) is 25.8 Å². The maximum absolute atomic E-state index is 6.07. The molecular formula is C15H24N2O. The van der Waals surface area contributed by atoms with E-state index in [1.54, 1.807) is 7.11 Å². The van der Waals surface area contributed by atoms with E-state index in [-0.39, 0.29) is 5.41 Å². The average Bonchev–Trinajstić information content (AvgIpc) is 2.30. The van der Waals surface area contributed by atoms with Gasteiger partial charge < -0.3 is 15.4 Å². The van der Waals surface area contributed by atoms with Gasteiger partial charge in [-0.25, -0.2) is 0 Å². The molecule has 0 saturated heterocycles. The van der Waals surface area contributed by atoms with Crippen molar-refractivity contribution >= 4 is 11.4 Å². The highest BCUT2D eigenvalue weighted by molar-refractivity contribution is 5.66. The maximum Gasteiger partial charge on any atom is 0.0530 e. The molecule has 1 aromatic carbocycles. The van der Waals surface area contributed by atoms with Crippen LogP contribution in [0.25, 0.3) is 0 Å². The molecule has 1 aliphatic heterocycles. The number of fused-ring (bicyclic) bond motifs is 1. The summed E-state index contributed by atoms with van der Waals surface area (Å²) in [5, 5.41) is 0. The average molecular weight is 248 g/mol. The Hall–Kier alpha value is -1.22. The highest BCUT2D eigenvalue weighted by atomic mass is 16.5. The summed E-state index contributed by atoms with van der Waals surface area (Å²) in [6.45, 7) is 7.40. The molecule has 1 heterocycles. The normalized spacial score (nSPS) is 15.6. The van der Waals surface area contributed by atoms with Gasteiger partial charge in [-0.3, -0.25) is 0 Å². The van der Waals surface area contributed by atoms with Crippen LogP contribution in [-0.2, 0) is 11.2 Å². The lowest BCUT2D eigenvalue weighted by Crippen LogP contribution is -2.39. The van der Waals surface area contributed by atoms with Gasteiger partial charge in [-0.15, -0.1) is 0 Å². The summed E-state index contributed by atoms with van der Waals surface area (Å²) in [7, 11) is 1.77. The zero-order chi connectivity index (χ0) is 13.2. The topological polar surface area (TPSA) is 38.5 Å². The van der Waals surface area contributed by atoms with Crippen LogP contribution in [0.3, 0.4) is 0 Å². The summed E-state index contributed by atoms with van der Waals surface area (Å²) < 4.78 is 5.31. The number of ether oxygens (including phenoxy) is 1. The van der Waals surface area contributed by atoms with Gasteiger partial charge in [0.1, 0.15) is 0 Å². The first kappa shape index (κ1) is 13.2. The Morgan fingerprint density at radius 3 is 2.89 bits per heavy atom. The van der Waals surface area contributed by atoms with E-state index in [0.717, 1.165) is 31.8 Å². The fraction of sp³-hybridized carbons (Fsp3) is 0.600. The molecule has 0 bridgehead atoms. The van der Waals surface area contributed by atoms with Crippen LogP contribution in [0, 0.1) is 5.41 Å². The minimum Gasteiger partial charge on any atom is -0.398 e. The van der Waals surface area contributed by atoms with E-state index in [1.165, 1.54) is 17.7 Å². The molecule has 0 aliphatic carbocycles. The Morgan fingerprint density at radius 1 is 1.39 bits per heavy atom. The van der Waals surface area contributed by atoms with Gasteiger partial charge in [0.25, 0.3) is 0 Å². The molecule has 0 atom stereocenters. The molecule has 0 aromatic heterocycles. The number of nitrogen functional groups attached to an aromatic ring is 1. The predicted octanol–water partition coefficient (Wildman–Crippen LogP) is 2.69. The van der Waals surface area contributed by atoms with Gasteiger partial charge in [-0.05, 0) is 30.5 Å². The highest BCUT2D eigenvalue weighted by Crippen LogP contribution is 2.33. The molecule has 0 amide bonds. The molecule has 2 rings (SSSR count). The Labute approximate surface area is 110 Å². The van der Waals surface area contributed by atoms with Gasteiger partial charge in [0.05, 0.1) is 6.61 Å². The second-order valence-electron chi connectivity index (χ2n) is 5.97. The van der Waals surface area contributed by atoms with Crippen LogP contribution >= 0.6 is 0 Å². The SMILES string of the molecule is COCC(C)(C)CN1CCCc2c(N)cccc21. The van der Waals surface area contributed by atoms with Crippen molar-refractivity contribution in [3.63, 3.8) is 0 Å². The number of hydrogen-bond donors (Lipinski definition) is 1. The first-order chi connectivity index (χ1) is 8.53. The van der Waals surface area contributed by atoms with E-state index in [2.05, 4.69) is 30.9 Å². The Bertz CT molecular complexity index is 415. The fourth-order valence-electron chi connectivity index (χ4n) is 2.85. The molecule has 1 aliphatic rings. The third-order valence-corrected chi connectivity index (χ3v) is 3.54. The van der Waals surface area contributed by atoms with Crippen LogP contribution in [0.2, 0.25) is 0 Å². The lowest BCUT2D eigenvalue weighted by molar-refractivity contribution is 0.108. The van der Waals surface area contributed by atoms with Gasteiger partial charge in [0.2, 0.25) is 0 Å². The molecule has 0 spiro atoms. The van der Waals surface area contributed by atoms with Gasteiger partial charge in [-0.1, -0.05) is 19.9 Å². The number of methoxy groups -OCH3 is 1. The molecule has 0 saturated carbocycles. The molecule has 100 valence electrons. The first-order valence-corrected chi connectivity index (χ1v) is 6.65. The summed E-state index contributed by atoms with van der Waals surface area (Å²) in [6, 6.07) is 6.24. The maximum atomic E-state index is 6.07. The van der Waals surface area contributed by atoms with E-state index in [4.69, 9.17) is 10.5 Å². The molecule has 0 unspecified atom stereocenters. The third kappa shape index (κ3) is 2.78. The standard InChI is InChI=1S/C15H24N2O/c1-15(2,11-18-3)10-17-9-5-6-12-13(16)7-4-8-14(12)17/h4,7-8H,5-6,9-11,16H2,1-3H3. The van der Waals surface area contributed by atoms with Crippen LogP contribution in [0.5, 0.6) is 0 Å². The molecule has 1 aromatic rings. The number of nitrogens with two attached hydrogens (primary N) is 1. The van der Waals surface area contributed by atoms with Crippen LogP contribution in [0.15, 0.2) is 18.2 Å². The molecular weight excluding hydrogens is 224 g/mol. The number of nitrogens with zero attached hydrogens (tertiary/aromatic N) is 1. The summed E-state index contributed by atoms with van der Waals surface area (Å²) in [5.41, 5.74) is 9.79. The number of anilines is 2. The zero-order valence-electron chi connectivity index (χ0n) is 11.7. The van der Waals surface area contributed by atoms with Crippen molar-refractivity contribution in [2.45, 2.75) is 26.7 Å². The summed E-state index contributed by atoms with van der Waals surface area (Å²) in [5.74, 6) is 0. The van der Waals surface area contributed by atoms with Crippen LogP contribution < -0.4 is 10.6 Å². The minimum absolute atomic E-state index is 0.161. The van der Waals surface area contributed by atoms with Crippen molar-refractivity contribution in [3.8, 4) is 0 Å². The van der Waals surface area contributed by atoms with E-state index in [0.29, 0.717) is 0 Å². The first-order valence-electron chi connectivity index (χ1n) is 6.65. The zero-order valence-corrected chi connectivity index (χ0v) is 11.7. The molecule has 3 heteroatoms. The minimum atomic E-state index is 0.161. The summed E-state index contributed by atoms with van der Waals surface area (Å²) >= 11 is 0. The summed E-state index contributed by atoms with van der Waals surface area (Å²) in [6.07, 6.45) is 2.29. The van der Waals surface area contributed by atoms with Crippen molar-refractivity contribution in [2.24, 2.45) is 5.41 Å². The van der Waals surface area contributed by atoms with Crippen molar-refractivity contribution in [1.29, 1.82) is 0 Å². The molecule has 2 N–H and O–H groups in total. The van der Waals surface area contributed by atoms with Gasteiger partial charge in [0.15, 0.2) is 0 Å². The number of hydrogen-bond acceptors (Lipinski definition) is 3. The quantitative estimate of drug-likeness (QED) is 0.833. The van der Waals surface area contributed by atoms with Crippen molar-refractivity contribution in [3.05, 3.63) is 23.8 Å².